The topological polar surface area (TPSA) is 577 Å². The molecule has 2 bridgehead atoms. The maximum atomic E-state index is 14.7. The normalized spacial score (nSPS) is 19.8. The molecule has 2 fully saturated rings. The molecule has 0 spiro atoms. The van der Waals surface area contributed by atoms with Crippen LogP contribution in [0.2, 0.25) is 0 Å². The summed E-state index contributed by atoms with van der Waals surface area (Å²) in [5, 5.41) is 74.0. The van der Waals surface area contributed by atoms with Crippen LogP contribution in [-0.2, 0) is 87.7 Å². The summed E-state index contributed by atoms with van der Waals surface area (Å²) >= 11 is 0.896. The van der Waals surface area contributed by atoms with Gasteiger partial charge in [-0.15, -0.1) is 11.8 Å². The van der Waals surface area contributed by atoms with Gasteiger partial charge in [0.2, 0.25) is 70.9 Å². The second kappa shape index (κ2) is 56.6. The fraction of sp³-hybridized carbons (Fsp3) is 0.694. The zero-order valence-electron chi connectivity index (χ0n) is 66.3. The molecule has 0 aliphatic carbocycles. The Bertz CT molecular complexity index is 3270. The molecule has 0 unspecified atom stereocenters. The predicted octanol–water partition coefficient (Wildman–Crippen LogP) is -2.48. The van der Waals surface area contributed by atoms with E-state index in [-0.39, 0.29) is 177 Å². The number of guanidine groups is 1. The van der Waals surface area contributed by atoms with Crippen LogP contribution in [0.5, 0.6) is 0 Å². The number of carboxylic acid groups (broad SMARTS) is 1. The minimum atomic E-state index is -1.84. The average molecular weight is 1670 g/mol. The van der Waals surface area contributed by atoms with E-state index in [1.165, 1.54) is 0 Å². The van der Waals surface area contributed by atoms with Gasteiger partial charge in [-0.2, -0.15) is 0 Å². The summed E-state index contributed by atoms with van der Waals surface area (Å²) in [4.78, 5) is 183. The molecule has 21 N–H and O–H groups in total. The van der Waals surface area contributed by atoms with Crippen molar-refractivity contribution in [2.75, 3.05) is 128 Å². The lowest BCUT2D eigenvalue weighted by atomic mass is 9.94. The molecule has 39 nitrogen and oxygen atoms in total. The van der Waals surface area contributed by atoms with Crippen molar-refractivity contribution in [2.24, 2.45) is 32.7 Å². The van der Waals surface area contributed by atoms with Crippen molar-refractivity contribution in [1.29, 1.82) is 0 Å². The second-order valence-electron chi connectivity index (χ2n) is 28.0. The summed E-state index contributed by atoms with van der Waals surface area (Å²) in [6.45, 7) is 15.3. The number of nitrogens with zero attached hydrogens (tertiary/aromatic N) is 3. The van der Waals surface area contributed by atoms with Gasteiger partial charge in [0, 0.05) is 75.9 Å². The first-order valence-corrected chi connectivity index (χ1v) is 41.8. The zero-order chi connectivity index (χ0) is 84.3. The van der Waals surface area contributed by atoms with Gasteiger partial charge < -0.3 is 120 Å². The van der Waals surface area contributed by atoms with Gasteiger partial charge in [0.1, 0.15) is 48.9 Å². The van der Waals surface area contributed by atoms with Crippen molar-refractivity contribution in [1.82, 2.24) is 74.4 Å². The Morgan fingerprint density at radius 2 is 1.06 bits per heavy atom. The van der Waals surface area contributed by atoms with E-state index in [2.05, 4.69) is 89.7 Å². The molecule has 0 radical (unpaired) electrons. The van der Waals surface area contributed by atoms with Crippen LogP contribution in [0.25, 0.3) is 0 Å². The number of hydrogen-bond acceptors (Lipinski definition) is 27. The quantitative estimate of drug-likeness (QED) is 0.00803. The van der Waals surface area contributed by atoms with Crippen LogP contribution < -0.4 is 85.9 Å². The van der Waals surface area contributed by atoms with E-state index in [1.54, 1.807) is 51.1 Å². The standard InChI is InChI=1S/C72H121N19O20S3/c1-8-108-41-60(95)77-30-32-109-34-36-111-37-35-110-33-31-78-64(100)54-42-112-45-61(96)83-51(18-12-13-25-75-57(92)20-14-21-58(93)76-27-22-48(23-28-81-71(4,5)46(2)90-106)24-29-82-72(6,7)47(3)91-107)65(101)88-55-43-113-114-44-56(69(105)86-52(66(102)87-54)38-49-16-10-9-11-17-49)89-67(103)53(39-62(97)98)84-59(94)40-80-63(99)50(85-68(55)104)19-15-26-79-70(73)74/h9-11,16-17,48,50-56,81-82,106-107H,8,12-15,18-45H2,1-7H3,(H,75,92)(H,76,93)(H,77,95)(H,78,100)(H,80,99)(H,83,96)(H,84,94)(H,85,104)(H,86,105)(H,87,102)(H,88,101)(H,89,103)(H,97,98)(H4,73,74,79)/b90-46-,91-47-/t50-,51-,52-,53-,54-,55-,56-/m0/s1. The molecular formula is C72H121N19O20S3. The highest BCUT2D eigenvalue weighted by Crippen LogP contribution is 2.25. The Hall–Kier alpha value is -8.65. The Kier molecular flexibility index (Phi) is 49.4. The molecule has 12 amide bonds. The van der Waals surface area contributed by atoms with Crippen LogP contribution >= 0.6 is 33.3 Å². The number of carboxylic acids is 1. The first kappa shape index (κ1) is 99.5. The number of fused-ring (bicyclic) bond motifs is 5. The second-order valence-corrected chi connectivity index (χ2v) is 31.5. The highest BCUT2D eigenvalue weighted by Gasteiger charge is 2.36. The number of nitrogens with one attached hydrogen (secondary N) is 14. The highest BCUT2D eigenvalue weighted by atomic mass is 33.1. The number of ether oxygens (including phenoxy) is 4. The fourth-order valence-corrected chi connectivity index (χ4v) is 14.1. The SMILES string of the molecule is CCOCC(=O)NCCOCCOCCOCCNC(=O)[C@@H]1CSCC(=O)N[C@@H](CCCCNC(=O)CCCC(=O)NCCC(CCNC(C)(C)/C(C)=N\O)CCNC(C)(C)/C(C)=N\O)C(=O)N[C@H]2CSSC[C@H](NC(=O)[C@H](CC(=O)O)NC(=O)CNC(=O)[C@H](CCCN=C(N)N)NC2=O)C(=O)N[C@@H](Cc2ccccc2)C(=O)N1. The molecule has 2 aliphatic heterocycles. The average Bonchev–Trinajstić information content (AvgIpc) is 1.17. The van der Waals surface area contributed by atoms with Crippen molar-refractivity contribution >= 4 is 128 Å². The molecule has 642 valence electrons. The van der Waals surface area contributed by atoms with Crippen molar-refractivity contribution in [3.63, 3.8) is 0 Å². The number of nitrogens with two attached hydrogens (primary N) is 2. The maximum absolute atomic E-state index is 14.7. The van der Waals surface area contributed by atoms with Gasteiger partial charge >= 0.3 is 5.97 Å². The predicted molar refractivity (Wildman–Crippen MR) is 431 cm³/mol. The van der Waals surface area contributed by atoms with Crippen LogP contribution in [0, 0.1) is 5.92 Å². The highest BCUT2D eigenvalue weighted by molar-refractivity contribution is 8.76. The van der Waals surface area contributed by atoms with Crippen LogP contribution in [0.15, 0.2) is 45.6 Å². The maximum Gasteiger partial charge on any atom is 0.305 e. The third kappa shape index (κ3) is 43.2. The number of unbranched alkanes of at least 4 members (excludes halogenated alkanes) is 1. The smallest absolute Gasteiger partial charge is 0.305 e. The number of rotatable bonds is 46. The molecule has 1 aromatic carbocycles. The summed E-state index contributed by atoms with van der Waals surface area (Å²) in [7, 11) is 1.82. The summed E-state index contributed by atoms with van der Waals surface area (Å²) in [5.41, 5.74) is 11.6. The molecule has 42 heteroatoms. The van der Waals surface area contributed by atoms with Crippen LogP contribution in [0.3, 0.4) is 0 Å². The molecule has 2 saturated heterocycles. The lowest BCUT2D eigenvalue weighted by Crippen LogP contribution is -2.60. The number of benzene rings is 1. The number of thioether (sulfide) groups is 1. The summed E-state index contributed by atoms with van der Waals surface area (Å²) in [6, 6.07) is -2.25. The van der Waals surface area contributed by atoms with E-state index in [1.807, 2.05) is 27.7 Å². The number of carbonyl (C=O) groups is 13. The fourth-order valence-electron chi connectivity index (χ4n) is 10.9. The van der Waals surface area contributed by atoms with Gasteiger partial charge in [0.15, 0.2) is 5.96 Å². The first-order chi connectivity index (χ1) is 54.4. The van der Waals surface area contributed by atoms with Crippen LogP contribution in [0.4, 0.5) is 0 Å². The molecule has 2 aliphatic rings. The molecule has 7 atom stereocenters. The van der Waals surface area contributed by atoms with Crippen molar-refractivity contribution in [3.8, 4) is 0 Å². The minimum absolute atomic E-state index is 0.00686. The molecule has 0 aromatic heterocycles. The first-order valence-electron chi connectivity index (χ1n) is 38.2. The molecule has 114 heavy (non-hydrogen) atoms. The number of aliphatic imine (C=N–C) groups is 1. The Labute approximate surface area is 677 Å². The van der Waals surface area contributed by atoms with Crippen molar-refractivity contribution in [3.05, 3.63) is 35.9 Å². The lowest BCUT2D eigenvalue weighted by molar-refractivity contribution is -0.141. The lowest BCUT2D eigenvalue weighted by Gasteiger charge is -2.28. The van der Waals surface area contributed by atoms with Gasteiger partial charge in [-0.1, -0.05) is 62.2 Å². The van der Waals surface area contributed by atoms with E-state index in [4.69, 9.17) is 30.4 Å². The Morgan fingerprint density at radius 3 is 1.63 bits per heavy atom. The largest absolute Gasteiger partial charge is 0.481 e. The molecule has 0 saturated carbocycles. The zero-order valence-corrected chi connectivity index (χ0v) is 68.8. The number of carbonyl (C=O) groups excluding carboxylic acids is 12. The monoisotopic (exact) mass is 1670 g/mol. The Balaban J connectivity index is 1.92. The van der Waals surface area contributed by atoms with Gasteiger partial charge in [-0.25, -0.2) is 0 Å². The summed E-state index contributed by atoms with van der Waals surface area (Å²) in [6.07, 6.45) is 1.63. The van der Waals surface area contributed by atoms with Gasteiger partial charge in [0.25, 0.3) is 0 Å². The molecule has 1 aromatic rings. The number of amides is 12. The minimum Gasteiger partial charge on any atom is -0.481 e. The van der Waals surface area contributed by atoms with Gasteiger partial charge in [-0.05, 0) is 131 Å². The molecular weight excluding hydrogens is 1550 g/mol. The van der Waals surface area contributed by atoms with E-state index in [0.717, 1.165) is 46.2 Å². The van der Waals surface area contributed by atoms with E-state index < -0.39 is 131 Å². The Morgan fingerprint density at radius 1 is 0.553 bits per heavy atom. The summed E-state index contributed by atoms with van der Waals surface area (Å²) < 4.78 is 21.8. The van der Waals surface area contributed by atoms with Gasteiger partial charge in [0.05, 0.1) is 80.9 Å². The summed E-state index contributed by atoms with van der Waals surface area (Å²) in [5.74, 6) is -12.1. The number of oxime groups is 2. The van der Waals surface area contributed by atoms with Crippen molar-refractivity contribution < 1.29 is 96.8 Å². The van der Waals surface area contributed by atoms with Crippen LogP contribution in [0.1, 0.15) is 131 Å². The van der Waals surface area contributed by atoms with Crippen molar-refractivity contribution in [2.45, 2.75) is 185 Å². The van der Waals surface area contributed by atoms with E-state index >= 15 is 0 Å². The third-order valence-corrected chi connectivity index (χ3v) is 21.6. The molecule has 2 heterocycles. The van der Waals surface area contributed by atoms with E-state index in [0.29, 0.717) is 49.6 Å². The number of aliphatic carboxylic acids is 1. The third-order valence-electron chi connectivity index (χ3n) is 18.1. The number of hydrogen-bond donors (Lipinski definition) is 19. The van der Waals surface area contributed by atoms with E-state index in [9.17, 15) is 77.9 Å². The van der Waals surface area contributed by atoms with Gasteiger partial charge in [-0.3, -0.25) is 67.3 Å². The van der Waals surface area contributed by atoms with Crippen LogP contribution in [-0.4, -0.2) is 291 Å². The molecule has 3 rings (SSSR count).